The van der Waals surface area contributed by atoms with Crippen molar-refractivity contribution in [3.63, 3.8) is 0 Å². The van der Waals surface area contributed by atoms with E-state index in [9.17, 15) is 25.4 Å². The highest BCUT2D eigenvalue weighted by Gasteiger charge is 2.65. The van der Waals surface area contributed by atoms with E-state index in [4.69, 9.17) is 28.9 Å². The Morgan fingerprint density at radius 1 is 0.816 bits per heavy atom. The zero-order chi connectivity index (χ0) is 53.5. The van der Waals surface area contributed by atoms with E-state index in [-0.39, 0.29) is 88.6 Å². The molecule has 2 aliphatic carbocycles. The number of nitro groups is 1. The van der Waals surface area contributed by atoms with Crippen LogP contribution in [-0.4, -0.2) is 94.8 Å². The fraction of sp³-hybridized carbons (Fsp3) is 0.516. The van der Waals surface area contributed by atoms with Gasteiger partial charge in [0.1, 0.15) is 29.9 Å². The van der Waals surface area contributed by atoms with Crippen molar-refractivity contribution in [3.05, 3.63) is 143 Å². The first-order valence-electron chi connectivity index (χ1n) is 28.0. The van der Waals surface area contributed by atoms with E-state index in [0.717, 1.165) is 73.6 Å². The van der Waals surface area contributed by atoms with Crippen molar-refractivity contribution in [2.45, 2.75) is 140 Å². The molecule has 1 fully saturated rings. The fourth-order valence-corrected chi connectivity index (χ4v) is 11.6. The number of ether oxygens (including phenoxy) is 4. The topological polar surface area (TPSA) is 183 Å². The summed E-state index contributed by atoms with van der Waals surface area (Å²) in [6, 6.07) is 29.6. The van der Waals surface area contributed by atoms with Gasteiger partial charge in [-0.1, -0.05) is 131 Å². The van der Waals surface area contributed by atoms with E-state index in [0.29, 0.717) is 47.8 Å². The summed E-state index contributed by atoms with van der Waals surface area (Å²) in [5, 5.41) is 46.4. The maximum atomic E-state index is 15.1. The quantitative estimate of drug-likeness (QED) is 0.0175. The van der Waals surface area contributed by atoms with Crippen LogP contribution in [0.5, 0.6) is 17.2 Å². The van der Waals surface area contributed by atoms with Crippen molar-refractivity contribution in [3.8, 4) is 28.4 Å². The van der Waals surface area contributed by atoms with Crippen molar-refractivity contribution in [1.82, 2.24) is 4.90 Å². The molecular weight excluding hydrogens is 963 g/mol. The first kappa shape index (κ1) is 57.8. The first-order chi connectivity index (χ1) is 37.2. The minimum Gasteiger partial charge on any atom is -0.459 e. The number of hydrogen-bond acceptors (Lipinski definition) is 12. The number of fused-ring (bicyclic) bond motifs is 2. The summed E-state index contributed by atoms with van der Waals surface area (Å²) in [7, 11) is 0. The molecule has 1 heterocycles. The summed E-state index contributed by atoms with van der Waals surface area (Å²) in [5.41, 5.74) is 5.30. The molecule has 1 aliphatic heterocycles. The van der Waals surface area contributed by atoms with Crippen LogP contribution in [0.2, 0.25) is 0 Å². The number of hydrogen-bond donors (Lipinski definition) is 3. The second-order valence-electron chi connectivity index (χ2n) is 20.5. The molecule has 14 heteroatoms. The molecule has 0 radical (unpaired) electrons. The Morgan fingerprint density at radius 3 is 2.18 bits per heavy atom. The van der Waals surface area contributed by atoms with Gasteiger partial charge in [0.05, 0.1) is 43.0 Å². The molecule has 6 atom stereocenters. The Bertz CT molecular complexity index is 2480. The Morgan fingerprint density at radius 2 is 1.50 bits per heavy atom. The molecule has 0 aromatic heterocycles. The monoisotopic (exact) mass is 1040 g/mol. The van der Waals surface area contributed by atoms with Crippen molar-refractivity contribution < 1.29 is 48.8 Å². The summed E-state index contributed by atoms with van der Waals surface area (Å²) in [5.74, 6) is -0.445. The Kier molecular flexibility index (Phi) is 22.9. The highest BCUT2D eigenvalue weighted by atomic mass is 16.7. The summed E-state index contributed by atoms with van der Waals surface area (Å²) in [4.78, 5) is 34.3. The number of benzene rings is 4. The molecule has 1 amide bonds. The highest BCUT2D eigenvalue weighted by Crippen LogP contribution is 2.62. The predicted octanol–water partition coefficient (Wildman–Crippen LogP) is 12.6. The number of non-ortho nitro benzene ring substituents is 1. The van der Waals surface area contributed by atoms with Crippen LogP contribution in [-0.2, 0) is 25.7 Å². The number of unbranched alkanes of at least 4 members (excludes halogenated alkanes) is 10. The lowest BCUT2D eigenvalue weighted by molar-refractivity contribution is -0.384. The average molecular weight is 1040 g/mol. The van der Waals surface area contributed by atoms with Crippen molar-refractivity contribution >= 4 is 17.3 Å². The van der Waals surface area contributed by atoms with Gasteiger partial charge in [-0.15, -0.1) is 6.58 Å². The third kappa shape index (κ3) is 15.2. The molecule has 0 unspecified atom stereocenters. The number of nitrogens with zero attached hydrogens (tertiary/aromatic N) is 3. The van der Waals surface area contributed by atoms with Crippen LogP contribution < -0.4 is 9.47 Å². The SMILES string of the molecule is C=CCO[C@@]12Oc3ccc(Oc4ccc(-c5ccccc5)cc4)cc3[C@H]3[C@H](CCCCO)[C@@H](CCCCO)C=C(C(=NOCc4ccc([N+](=O)[O-])cc4)C[C@@H]1N(CCOCCO)C(=O)CCCCCCCCCCC)[C@H]32. The van der Waals surface area contributed by atoms with E-state index < -0.39 is 22.7 Å². The maximum Gasteiger partial charge on any atom is 0.269 e. The zero-order valence-corrected chi connectivity index (χ0v) is 44.6. The smallest absolute Gasteiger partial charge is 0.269 e. The third-order valence-electron chi connectivity index (χ3n) is 15.3. The van der Waals surface area contributed by atoms with Crippen LogP contribution in [0.15, 0.2) is 127 Å². The number of carbonyl (C=O) groups is 1. The van der Waals surface area contributed by atoms with Gasteiger partial charge >= 0.3 is 0 Å². The van der Waals surface area contributed by atoms with Crippen LogP contribution in [0, 0.1) is 27.9 Å². The molecule has 0 saturated heterocycles. The minimum atomic E-state index is -1.47. The second-order valence-corrected chi connectivity index (χ2v) is 20.5. The molecule has 4 aromatic rings. The van der Waals surface area contributed by atoms with Gasteiger partial charge in [-0.05, 0) is 109 Å². The molecule has 76 heavy (non-hydrogen) atoms. The Balaban J connectivity index is 1.34. The Hall–Kier alpha value is -5.90. The summed E-state index contributed by atoms with van der Waals surface area (Å²) < 4.78 is 27.3. The summed E-state index contributed by atoms with van der Waals surface area (Å²) in [6.45, 7) is 6.91. The van der Waals surface area contributed by atoms with Gasteiger partial charge in [-0.25, -0.2) is 0 Å². The summed E-state index contributed by atoms with van der Waals surface area (Å²) in [6.07, 6.45) is 18.9. The van der Waals surface area contributed by atoms with Crippen LogP contribution in [0.4, 0.5) is 5.69 Å². The molecule has 0 bridgehead atoms. The lowest BCUT2D eigenvalue weighted by Gasteiger charge is -2.60. The lowest BCUT2D eigenvalue weighted by atomic mass is 9.55. The molecule has 3 N–H and O–H groups in total. The van der Waals surface area contributed by atoms with Gasteiger partial charge in [0.15, 0.2) is 0 Å². The molecule has 14 nitrogen and oxygen atoms in total. The van der Waals surface area contributed by atoms with Crippen molar-refractivity contribution in [2.24, 2.45) is 22.9 Å². The maximum absolute atomic E-state index is 15.1. The van der Waals surface area contributed by atoms with E-state index >= 15 is 4.79 Å². The number of aliphatic hydroxyl groups is 3. The van der Waals surface area contributed by atoms with Gasteiger partial charge in [-0.3, -0.25) is 14.9 Å². The molecule has 4 aromatic carbocycles. The molecular formula is C62H81N3O11. The van der Waals surface area contributed by atoms with E-state index in [1.807, 2.05) is 59.5 Å². The van der Waals surface area contributed by atoms with Crippen molar-refractivity contribution in [1.29, 1.82) is 0 Å². The van der Waals surface area contributed by atoms with Crippen LogP contribution >= 0.6 is 0 Å². The van der Waals surface area contributed by atoms with Crippen molar-refractivity contribution in [2.75, 3.05) is 46.2 Å². The van der Waals surface area contributed by atoms with Gasteiger partial charge < -0.3 is 44.0 Å². The van der Waals surface area contributed by atoms with Crippen LogP contribution in [0.25, 0.3) is 11.1 Å². The lowest BCUT2D eigenvalue weighted by Crippen LogP contribution is -2.70. The molecule has 3 aliphatic rings. The average Bonchev–Trinajstić information content (AvgIpc) is 3.45. The number of nitro benzene ring substituents is 1. The standard InChI is InChI=1S/C62H81N3O11/c1-3-5-6-7-8-9-10-11-15-24-59(69)64(35-40-72-41-38-68)58-44-56(63-74-45-46-25-29-50(30-26-46)65(70)71)54-42-49(22-16-18-36-66)53(23-17-19-37-67)60-55-43-52(33-34-57(55)76-62(58,61(54)60)73-39-4-2)75-51-31-27-48(28-32-51)47-20-13-12-14-21-47/h4,12-14,20-21,25-34,42-43,49,53,58,60-61,66-68H,2-3,5-11,15-19,22-24,35-41,44-45H2,1H3/t49-,53+,58-,60+,61+,62+/m0/s1. The molecule has 0 spiro atoms. The number of carbonyl (C=O) groups excluding carboxylic acids is 1. The van der Waals surface area contributed by atoms with Gasteiger partial charge in [0.25, 0.3) is 5.69 Å². The van der Waals surface area contributed by atoms with Crippen LogP contribution in [0.1, 0.15) is 133 Å². The molecule has 410 valence electrons. The first-order valence-corrected chi connectivity index (χ1v) is 28.0. The highest BCUT2D eigenvalue weighted by molar-refractivity contribution is 6.03. The van der Waals surface area contributed by atoms with E-state index in [1.54, 1.807) is 18.2 Å². The number of allylic oxidation sites excluding steroid dienone is 1. The van der Waals surface area contributed by atoms with Crippen LogP contribution in [0.3, 0.4) is 0 Å². The molecule has 7 rings (SSSR count). The van der Waals surface area contributed by atoms with Gasteiger partial charge in [-0.2, -0.15) is 0 Å². The molecule has 1 saturated carbocycles. The van der Waals surface area contributed by atoms with E-state index in [1.165, 1.54) is 44.2 Å². The van der Waals surface area contributed by atoms with Gasteiger partial charge in [0, 0.05) is 56.2 Å². The normalized spacial score (nSPS) is 21.0. The third-order valence-corrected chi connectivity index (χ3v) is 15.3. The summed E-state index contributed by atoms with van der Waals surface area (Å²) >= 11 is 0. The number of oxime groups is 1. The number of amides is 1. The Labute approximate surface area is 449 Å². The fourth-order valence-electron chi connectivity index (χ4n) is 11.6. The predicted molar refractivity (Wildman–Crippen MR) is 296 cm³/mol. The second kappa shape index (κ2) is 30.1. The zero-order valence-electron chi connectivity index (χ0n) is 44.6. The number of aliphatic hydroxyl groups excluding tert-OH is 3. The van der Waals surface area contributed by atoms with Gasteiger partial charge in [0.2, 0.25) is 11.7 Å². The largest absolute Gasteiger partial charge is 0.459 e. The number of rotatable bonds is 34. The van der Waals surface area contributed by atoms with E-state index in [2.05, 4.69) is 37.8 Å². The minimum absolute atomic E-state index is 0.00575.